The van der Waals surface area contributed by atoms with E-state index in [9.17, 15) is 29.7 Å². The van der Waals surface area contributed by atoms with Crippen molar-refractivity contribution < 1.29 is 29.7 Å². The van der Waals surface area contributed by atoms with E-state index in [1.54, 1.807) is 0 Å². The molecule has 0 unspecified atom stereocenters. The molecule has 5 N–H and O–H groups in total. The van der Waals surface area contributed by atoms with Crippen molar-refractivity contribution in [1.82, 2.24) is 19.9 Å². The molecule has 0 aromatic carbocycles. The second-order valence-corrected chi connectivity index (χ2v) is 11.1. The molecule has 10 nitrogen and oxygen atoms in total. The number of carboxylic acid groups (broad SMARTS) is 3. The van der Waals surface area contributed by atoms with E-state index < -0.39 is 17.9 Å². The summed E-state index contributed by atoms with van der Waals surface area (Å²) in [6.07, 6.45) is 0.714. The van der Waals surface area contributed by atoms with Gasteiger partial charge in [0.05, 0.1) is 22.8 Å². The molecule has 3 aromatic heterocycles. The Kier molecular flexibility index (Phi) is 8.04. The highest BCUT2D eigenvalue weighted by Crippen LogP contribution is 2.37. The second-order valence-electron chi connectivity index (χ2n) is 11.1. The Morgan fingerprint density at radius 3 is 1.65 bits per heavy atom. The number of hydrogen-bond donors (Lipinski definition) is 5. The average Bonchev–Trinajstić information content (AvgIpc) is 3.60. The van der Waals surface area contributed by atoms with E-state index in [0.29, 0.717) is 29.2 Å². The smallest absolute Gasteiger partial charge is 0.303 e. The van der Waals surface area contributed by atoms with Crippen LogP contribution in [0.4, 0.5) is 0 Å². The van der Waals surface area contributed by atoms with Crippen molar-refractivity contribution in [1.29, 1.82) is 0 Å². The molecule has 2 aliphatic rings. The van der Waals surface area contributed by atoms with Gasteiger partial charge in [0.25, 0.3) is 0 Å². The third-order valence-electron chi connectivity index (χ3n) is 8.20. The lowest BCUT2D eigenvalue weighted by molar-refractivity contribution is -0.137. The number of allylic oxidation sites excluding steroid dienone is 4. The summed E-state index contributed by atoms with van der Waals surface area (Å²) in [5.74, 6) is -2.72. The Hall–Kier alpha value is -4.99. The average molecular weight is 583 g/mol. The van der Waals surface area contributed by atoms with Crippen LogP contribution >= 0.6 is 0 Å². The summed E-state index contributed by atoms with van der Waals surface area (Å²) in [6, 6.07) is 9.70. The van der Waals surface area contributed by atoms with Crippen molar-refractivity contribution >= 4 is 62.3 Å². The first kappa shape index (κ1) is 29.5. The Morgan fingerprint density at radius 2 is 1.12 bits per heavy atom. The molecule has 43 heavy (non-hydrogen) atoms. The third-order valence-corrected chi connectivity index (χ3v) is 8.20. The molecule has 0 radical (unpaired) electrons. The standard InChI is InChI=1S/C33H34N4O6/c1-16-11-20-12-25-17(2)21(5-8-31(38)39)28(35-25)14-27-19(4)23(7-10-33(42)43)30(37-27)15-29-22(6-9-32(40)41)18(3)26(36-29)13-24(16)34-20/h11-15,34-35H,5-10H2,1-4H3,(H,38,39)(H,40,41)(H,42,43). The maximum Gasteiger partial charge on any atom is 0.303 e. The normalized spacial score (nSPS) is 13.1. The molecule has 2 aliphatic heterocycles. The van der Waals surface area contributed by atoms with Crippen molar-refractivity contribution in [3.8, 4) is 0 Å². The second kappa shape index (κ2) is 11.7. The quantitative estimate of drug-likeness (QED) is 0.189. The molecule has 5 heterocycles. The van der Waals surface area contributed by atoms with Gasteiger partial charge in [0, 0.05) is 41.3 Å². The number of fused-ring (bicyclic) bond motifs is 8. The fourth-order valence-electron chi connectivity index (χ4n) is 5.76. The molecule has 0 atom stereocenters. The van der Waals surface area contributed by atoms with Crippen LogP contribution in [0.25, 0.3) is 44.4 Å². The van der Waals surface area contributed by atoms with E-state index in [1.807, 2.05) is 58.0 Å². The third kappa shape index (κ3) is 6.13. The van der Waals surface area contributed by atoms with Gasteiger partial charge < -0.3 is 25.3 Å². The van der Waals surface area contributed by atoms with Crippen molar-refractivity contribution in [3.63, 3.8) is 0 Å². The lowest BCUT2D eigenvalue weighted by Gasteiger charge is -2.05. The summed E-state index contributed by atoms with van der Waals surface area (Å²) >= 11 is 0. The minimum absolute atomic E-state index is 0.0285. The van der Waals surface area contributed by atoms with Crippen LogP contribution in [0.2, 0.25) is 0 Å². The maximum atomic E-state index is 11.5. The van der Waals surface area contributed by atoms with Gasteiger partial charge in [-0.3, -0.25) is 14.4 Å². The fourth-order valence-corrected chi connectivity index (χ4v) is 5.76. The first-order valence-corrected chi connectivity index (χ1v) is 14.2. The number of aromatic amines is 2. The number of nitrogens with zero attached hydrogens (tertiary/aromatic N) is 2. The fraction of sp³-hybridized carbons (Fsp3) is 0.303. The summed E-state index contributed by atoms with van der Waals surface area (Å²) in [5.41, 5.74) is 12.0. The summed E-state index contributed by atoms with van der Waals surface area (Å²) in [6.45, 7) is 7.80. The largest absolute Gasteiger partial charge is 0.481 e. The van der Waals surface area contributed by atoms with Crippen LogP contribution in [0.3, 0.4) is 0 Å². The highest BCUT2D eigenvalue weighted by molar-refractivity contribution is 5.96. The van der Waals surface area contributed by atoms with Gasteiger partial charge in [0.1, 0.15) is 0 Å². The molecule has 5 rings (SSSR count). The van der Waals surface area contributed by atoms with E-state index in [4.69, 9.17) is 9.97 Å². The van der Waals surface area contributed by atoms with Crippen molar-refractivity contribution in [3.05, 3.63) is 69.8 Å². The molecule has 0 fully saturated rings. The number of rotatable bonds is 9. The number of carbonyl (C=O) groups is 3. The van der Waals surface area contributed by atoms with E-state index >= 15 is 0 Å². The van der Waals surface area contributed by atoms with Gasteiger partial charge in [-0.15, -0.1) is 0 Å². The zero-order valence-electron chi connectivity index (χ0n) is 24.6. The zero-order chi connectivity index (χ0) is 31.0. The van der Waals surface area contributed by atoms with E-state index in [-0.39, 0.29) is 32.1 Å². The zero-order valence-corrected chi connectivity index (χ0v) is 24.6. The molecule has 0 saturated heterocycles. The van der Waals surface area contributed by atoms with Crippen LogP contribution in [0.5, 0.6) is 0 Å². The van der Waals surface area contributed by atoms with Crippen LogP contribution in [0, 0.1) is 13.8 Å². The molecule has 222 valence electrons. The number of aliphatic carboxylic acids is 3. The van der Waals surface area contributed by atoms with E-state index in [1.165, 1.54) is 0 Å². The van der Waals surface area contributed by atoms with Crippen LogP contribution in [0.15, 0.2) is 30.3 Å². The summed E-state index contributed by atoms with van der Waals surface area (Å²) in [5, 5.41) is 28.3. The van der Waals surface area contributed by atoms with Gasteiger partial charge in [0.2, 0.25) is 0 Å². The lowest BCUT2D eigenvalue weighted by atomic mass is 9.98. The molecule has 8 bridgehead atoms. The molecule has 0 aliphatic carbocycles. The van der Waals surface area contributed by atoms with Crippen LogP contribution < -0.4 is 0 Å². The minimum Gasteiger partial charge on any atom is -0.481 e. The Labute approximate surface area is 247 Å². The molecular weight excluding hydrogens is 548 g/mol. The highest BCUT2D eigenvalue weighted by atomic mass is 16.4. The van der Waals surface area contributed by atoms with Crippen molar-refractivity contribution in [2.45, 2.75) is 66.2 Å². The molecule has 10 heteroatoms. The summed E-state index contributed by atoms with van der Waals surface area (Å²) in [4.78, 5) is 51.3. The molecule has 0 saturated carbocycles. The number of carboxylic acids is 3. The number of aryl methyl sites for hydroxylation is 3. The summed E-state index contributed by atoms with van der Waals surface area (Å²) in [7, 11) is 0. The predicted octanol–water partition coefficient (Wildman–Crippen LogP) is 6.54. The van der Waals surface area contributed by atoms with Gasteiger partial charge in [-0.2, -0.15) is 0 Å². The SMILES string of the molecule is CC1=C(CCC(=O)O)c2cc3nc(cc4[nH]c(cc5cc(C)c(cc1n2)[nH]5)c(C)c4CCC(=O)O)C(C)=C3CCC(=O)O. The van der Waals surface area contributed by atoms with E-state index in [2.05, 4.69) is 9.97 Å². The highest BCUT2D eigenvalue weighted by Gasteiger charge is 2.22. The van der Waals surface area contributed by atoms with Crippen LogP contribution in [-0.2, 0) is 20.8 Å². The Bertz CT molecular complexity index is 1910. The molecular formula is C33H34N4O6. The Morgan fingerprint density at radius 1 is 0.605 bits per heavy atom. The van der Waals surface area contributed by atoms with Crippen molar-refractivity contribution in [2.75, 3.05) is 0 Å². The van der Waals surface area contributed by atoms with Gasteiger partial charge in [0.15, 0.2) is 0 Å². The minimum atomic E-state index is -0.923. The topological polar surface area (TPSA) is 169 Å². The predicted molar refractivity (Wildman–Crippen MR) is 165 cm³/mol. The lowest BCUT2D eigenvalue weighted by Crippen LogP contribution is -1.98. The van der Waals surface area contributed by atoms with Gasteiger partial charge in [-0.1, -0.05) is 0 Å². The first-order valence-electron chi connectivity index (χ1n) is 14.2. The van der Waals surface area contributed by atoms with Crippen molar-refractivity contribution in [2.24, 2.45) is 0 Å². The van der Waals surface area contributed by atoms with Gasteiger partial charge >= 0.3 is 17.9 Å². The molecule has 3 aromatic rings. The number of H-pyrrole nitrogens is 2. The number of aromatic nitrogens is 4. The Balaban J connectivity index is 1.87. The van der Waals surface area contributed by atoms with Crippen LogP contribution in [-0.4, -0.2) is 53.2 Å². The monoisotopic (exact) mass is 582 g/mol. The molecule has 0 amide bonds. The maximum absolute atomic E-state index is 11.5. The first-order chi connectivity index (χ1) is 20.4. The van der Waals surface area contributed by atoms with Gasteiger partial charge in [-0.25, -0.2) is 9.97 Å². The van der Waals surface area contributed by atoms with Crippen LogP contribution in [0.1, 0.15) is 85.4 Å². The number of hydrogen-bond acceptors (Lipinski definition) is 5. The molecule has 0 spiro atoms. The number of nitrogens with one attached hydrogen (secondary N) is 2. The van der Waals surface area contributed by atoms with E-state index in [0.717, 1.165) is 61.0 Å². The summed E-state index contributed by atoms with van der Waals surface area (Å²) < 4.78 is 0. The van der Waals surface area contributed by atoms with Gasteiger partial charge in [-0.05, 0) is 116 Å².